The summed E-state index contributed by atoms with van der Waals surface area (Å²) in [4.78, 5) is 4.50. The fourth-order valence-corrected chi connectivity index (χ4v) is 1.94. The first-order chi connectivity index (χ1) is 8.65. The standard InChI is InChI=1S/C13H18N4O/c1-9-8-10(4-5-11(9)18-3)13-15-12(6-7-14)16-17(13)2/h4-5,8H,6-7,14H2,1-3H3. The fraction of sp³-hybridized carbons (Fsp3) is 0.385. The van der Waals surface area contributed by atoms with Crippen LogP contribution in [0.25, 0.3) is 11.4 Å². The Hall–Kier alpha value is -1.88. The van der Waals surface area contributed by atoms with Gasteiger partial charge in [-0.2, -0.15) is 5.10 Å². The molecule has 0 aliphatic carbocycles. The van der Waals surface area contributed by atoms with E-state index in [9.17, 15) is 0 Å². The van der Waals surface area contributed by atoms with Crippen molar-refractivity contribution in [2.24, 2.45) is 12.8 Å². The van der Waals surface area contributed by atoms with Crippen molar-refractivity contribution in [3.05, 3.63) is 29.6 Å². The first-order valence-electron chi connectivity index (χ1n) is 5.90. The zero-order valence-electron chi connectivity index (χ0n) is 11.0. The van der Waals surface area contributed by atoms with Crippen molar-refractivity contribution in [1.82, 2.24) is 14.8 Å². The average molecular weight is 246 g/mol. The van der Waals surface area contributed by atoms with Crippen LogP contribution in [0.3, 0.4) is 0 Å². The van der Waals surface area contributed by atoms with E-state index in [4.69, 9.17) is 10.5 Å². The van der Waals surface area contributed by atoms with E-state index in [-0.39, 0.29) is 0 Å². The molecule has 0 atom stereocenters. The van der Waals surface area contributed by atoms with Crippen LogP contribution in [-0.2, 0) is 13.5 Å². The van der Waals surface area contributed by atoms with E-state index < -0.39 is 0 Å². The predicted octanol–water partition coefficient (Wildman–Crippen LogP) is 1.30. The van der Waals surface area contributed by atoms with E-state index >= 15 is 0 Å². The number of rotatable bonds is 4. The molecular weight excluding hydrogens is 228 g/mol. The Balaban J connectivity index is 2.39. The van der Waals surface area contributed by atoms with Gasteiger partial charge in [0, 0.05) is 19.0 Å². The minimum Gasteiger partial charge on any atom is -0.496 e. The van der Waals surface area contributed by atoms with E-state index in [0.29, 0.717) is 13.0 Å². The molecule has 0 aliphatic rings. The number of nitrogens with two attached hydrogens (primary N) is 1. The highest BCUT2D eigenvalue weighted by Crippen LogP contribution is 2.24. The summed E-state index contributed by atoms with van der Waals surface area (Å²) in [6.45, 7) is 2.57. The Morgan fingerprint density at radius 2 is 2.17 bits per heavy atom. The summed E-state index contributed by atoms with van der Waals surface area (Å²) in [7, 11) is 3.56. The van der Waals surface area contributed by atoms with Gasteiger partial charge in [0.15, 0.2) is 11.6 Å². The third-order valence-electron chi connectivity index (χ3n) is 2.83. The lowest BCUT2D eigenvalue weighted by atomic mass is 10.1. The largest absolute Gasteiger partial charge is 0.496 e. The Morgan fingerprint density at radius 1 is 1.39 bits per heavy atom. The lowest BCUT2D eigenvalue weighted by Crippen LogP contribution is -2.04. The van der Waals surface area contributed by atoms with Gasteiger partial charge in [0.05, 0.1) is 7.11 Å². The monoisotopic (exact) mass is 246 g/mol. The molecule has 0 saturated heterocycles. The molecule has 2 rings (SSSR count). The summed E-state index contributed by atoms with van der Waals surface area (Å²) in [5, 5.41) is 4.34. The lowest BCUT2D eigenvalue weighted by Gasteiger charge is -2.06. The zero-order valence-corrected chi connectivity index (χ0v) is 11.0. The highest BCUT2D eigenvalue weighted by Gasteiger charge is 2.10. The maximum Gasteiger partial charge on any atom is 0.158 e. The van der Waals surface area contributed by atoms with Gasteiger partial charge in [0.2, 0.25) is 0 Å². The molecule has 96 valence electrons. The fourth-order valence-electron chi connectivity index (χ4n) is 1.94. The molecule has 1 aromatic heterocycles. The molecule has 18 heavy (non-hydrogen) atoms. The summed E-state index contributed by atoms with van der Waals surface area (Å²) in [6, 6.07) is 5.99. The van der Waals surface area contributed by atoms with E-state index in [1.54, 1.807) is 11.8 Å². The third-order valence-corrected chi connectivity index (χ3v) is 2.83. The predicted molar refractivity (Wildman–Crippen MR) is 70.5 cm³/mol. The number of benzene rings is 1. The quantitative estimate of drug-likeness (QED) is 0.883. The SMILES string of the molecule is COc1ccc(-c2nc(CCN)nn2C)cc1C. The number of aryl methyl sites for hydroxylation is 2. The first-order valence-corrected chi connectivity index (χ1v) is 5.90. The second-order valence-electron chi connectivity index (χ2n) is 4.20. The van der Waals surface area contributed by atoms with E-state index in [1.807, 2.05) is 26.1 Å². The topological polar surface area (TPSA) is 66.0 Å². The van der Waals surface area contributed by atoms with Crippen LogP contribution in [0.1, 0.15) is 11.4 Å². The second kappa shape index (κ2) is 5.18. The van der Waals surface area contributed by atoms with Crippen molar-refractivity contribution in [2.45, 2.75) is 13.3 Å². The number of ether oxygens (including phenoxy) is 1. The van der Waals surface area contributed by atoms with Gasteiger partial charge in [-0.1, -0.05) is 0 Å². The van der Waals surface area contributed by atoms with Crippen LogP contribution >= 0.6 is 0 Å². The summed E-state index contributed by atoms with van der Waals surface area (Å²) < 4.78 is 7.03. The smallest absolute Gasteiger partial charge is 0.158 e. The number of aromatic nitrogens is 3. The molecule has 0 radical (unpaired) electrons. The minimum absolute atomic E-state index is 0.561. The molecule has 5 nitrogen and oxygen atoms in total. The first kappa shape index (κ1) is 12.6. The maximum absolute atomic E-state index is 5.51. The number of nitrogens with zero attached hydrogens (tertiary/aromatic N) is 3. The average Bonchev–Trinajstić information content (AvgIpc) is 2.71. The molecule has 1 aromatic carbocycles. The maximum atomic E-state index is 5.51. The molecule has 0 fully saturated rings. The van der Waals surface area contributed by atoms with E-state index in [2.05, 4.69) is 16.1 Å². The van der Waals surface area contributed by atoms with Crippen LogP contribution in [0.15, 0.2) is 18.2 Å². The van der Waals surface area contributed by atoms with Crippen LogP contribution < -0.4 is 10.5 Å². The minimum atomic E-state index is 0.561. The lowest BCUT2D eigenvalue weighted by molar-refractivity contribution is 0.412. The Labute approximate surface area is 107 Å². The Bertz CT molecular complexity index is 548. The summed E-state index contributed by atoms with van der Waals surface area (Å²) >= 11 is 0. The number of methoxy groups -OCH3 is 1. The van der Waals surface area contributed by atoms with Gasteiger partial charge in [0.1, 0.15) is 5.75 Å². The molecule has 0 bridgehead atoms. The van der Waals surface area contributed by atoms with Crippen molar-refractivity contribution in [3.63, 3.8) is 0 Å². The van der Waals surface area contributed by atoms with Crippen molar-refractivity contribution in [3.8, 4) is 17.1 Å². The van der Waals surface area contributed by atoms with Crippen LogP contribution in [0.4, 0.5) is 0 Å². The van der Waals surface area contributed by atoms with E-state index in [1.165, 1.54) is 0 Å². The van der Waals surface area contributed by atoms with Crippen molar-refractivity contribution in [2.75, 3.05) is 13.7 Å². The zero-order chi connectivity index (χ0) is 13.1. The molecule has 5 heteroatoms. The molecule has 1 heterocycles. The molecule has 2 N–H and O–H groups in total. The molecule has 0 spiro atoms. The van der Waals surface area contributed by atoms with Crippen LogP contribution in [0, 0.1) is 6.92 Å². The second-order valence-corrected chi connectivity index (χ2v) is 4.20. The Kier molecular flexibility index (Phi) is 3.62. The number of hydrogen-bond donors (Lipinski definition) is 1. The summed E-state index contributed by atoms with van der Waals surface area (Å²) in [5.41, 5.74) is 7.63. The summed E-state index contributed by atoms with van der Waals surface area (Å²) in [5.74, 6) is 2.51. The number of hydrogen-bond acceptors (Lipinski definition) is 4. The van der Waals surface area contributed by atoms with Gasteiger partial charge in [0.25, 0.3) is 0 Å². The molecule has 0 amide bonds. The van der Waals surface area contributed by atoms with Crippen LogP contribution in [-0.4, -0.2) is 28.4 Å². The highest BCUT2D eigenvalue weighted by molar-refractivity contribution is 5.58. The summed E-state index contributed by atoms with van der Waals surface area (Å²) in [6.07, 6.45) is 0.697. The molecule has 0 aliphatic heterocycles. The van der Waals surface area contributed by atoms with Gasteiger partial charge in [-0.25, -0.2) is 9.67 Å². The third kappa shape index (κ3) is 2.36. The van der Waals surface area contributed by atoms with Gasteiger partial charge in [-0.15, -0.1) is 0 Å². The molecule has 0 saturated carbocycles. The van der Waals surface area contributed by atoms with E-state index in [0.717, 1.165) is 28.5 Å². The van der Waals surface area contributed by atoms with Crippen molar-refractivity contribution >= 4 is 0 Å². The van der Waals surface area contributed by atoms with Gasteiger partial charge in [-0.05, 0) is 37.2 Å². The Morgan fingerprint density at radius 3 is 2.78 bits per heavy atom. The molecule has 2 aromatic rings. The normalized spacial score (nSPS) is 10.7. The van der Waals surface area contributed by atoms with Crippen molar-refractivity contribution in [1.29, 1.82) is 0 Å². The van der Waals surface area contributed by atoms with Crippen molar-refractivity contribution < 1.29 is 4.74 Å². The van der Waals surface area contributed by atoms with Crippen LogP contribution in [0.2, 0.25) is 0 Å². The van der Waals surface area contributed by atoms with Crippen LogP contribution in [0.5, 0.6) is 5.75 Å². The molecule has 0 unspecified atom stereocenters. The van der Waals surface area contributed by atoms with Gasteiger partial charge in [-0.3, -0.25) is 0 Å². The molecular formula is C13H18N4O. The van der Waals surface area contributed by atoms with Gasteiger partial charge >= 0.3 is 0 Å². The highest BCUT2D eigenvalue weighted by atomic mass is 16.5. The van der Waals surface area contributed by atoms with Gasteiger partial charge < -0.3 is 10.5 Å².